The van der Waals surface area contributed by atoms with Gasteiger partial charge in [0.2, 0.25) is 6.29 Å². The summed E-state index contributed by atoms with van der Waals surface area (Å²) in [6.45, 7) is 8.75. The van der Waals surface area contributed by atoms with Gasteiger partial charge < -0.3 is 59.8 Å². The summed E-state index contributed by atoms with van der Waals surface area (Å²) >= 11 is 0. The summed E-state index contributed by atoms with van der Waals surface area (Å²) in [5, 5.41) is 83.8. The van der Waals surface area contributed by atoms with Crippen molar-refractivity contribution >= 4 is 0 Å². The number of hydrogen-bond acceptors (Lipinski definition) is 12. The Morgan fingerprint density at radius 2 is 1.58 bits per heavy atom. The van der Waals surface area contributed by atoms with Crippen molar-refractivity contribution in [2.45, 2.75) is 114 Å². The van der Waals surface area contributed by atoms with Crippen molar-refractivity contribution < 1.29 is 59.8 Å². The average Bonchev–Trinajstić information content (AvgIpc) is 2.96. The Bertz CT molecular complexity index is 1140. The zero-order valence-corrected chi connectivity index (χ0v) is 24.8. The molecule has 242 valence electrons. The smallest absolute Gasteiger partial charge is 0.229 e. The molecule has 12 nitrogen and oxygen atoms in total. The summed E-state index contributed by atoms with van der Waals surface area (Å²) in [7, 11) is 0. The highest BCUT2D eigenvalue weighted by atomic mass is 16.7. The van der Waals surface area contributed by atoms with Gasteiger partial charge in [0.1, 0.15) is 60.3 Å². The molecule has 1 unspecified atom stereocenters. The van der Waals surface area contributed by atoms with E-state index in [2.05, 4.69) is 12.7 Å². The Balaban J connectivity index is 1.69. The van der Waals surface area contributed by atoms with E-state index in [9.17, 15) is 40.9 Å². The number of ether oxygens (including phenoxy) is 4. The first kappa shape index (κ1) is 33.8. The third-order valence-corrected chi connectivity index (χ3v) is 8.64. The SMILES string of the molecule is C=C(C)C1CCC(C)=C[C@H]1c1c(O)cc(CCC)cc1O[C@@H]1O[C@H](CO)[C@@H](O)[C@H](O[C@@H]2O[C@H](CO)[C@@H](O)[C@H](O)[C@H]2O)[C@H]1O. The molecule has 0 spiro atoms. The Labute approximate surface area is 251 Å². The molecule has 0 saturated carbocycles. The number of rotatable bonds is 10. The lowest BCUT2D eigenvalue weighted by Crippen LogP contribution is -2.65. The monoisotopic (exact) mass is 610 g/mol. The average molecular weight is 611 g/mol. The third kappa shape index (κ3) is 7.09. The highest BCUT2D eigenvalue weighted by molar-refractivity contribution is 5.52. The van der Waals surface area contributed by atoms with E-state index in [-0.39, 0.29) is 23.3 Å². The number of benzene rings is 1. The van der Waals surface area contributed by atoms with Crippen LogP contribution in [0.2, 0.25) is 0 Å². The second-order valence-corrected chi connectivity index (χ2v) is 11.9. The molecule has 3 aliphatic rings. The van der Waals surface area contributed by atoms with Gasteiger partial charge in [-0.1, -0.05) is 37.1 Å². The lowest BCUT2D eigenvalue weighted by atomic mass is 9.73. The van der Waals surface area contributed by atoms with Gasteiger partial charge in [0.15, 0.2) is 6.29 Å². The van der Waals surface area contributed by atoms with Gasteiger partial charge in [-0.05, 0) is 56.7 Å². The third-order valence-electron chi connectivity index (χ3n) is 8.64. The molecule has 1 aromatic rings. The maximum absolute atomic E-state index is 11.4. The number of aromatic hydroxyl groups is 1. The molecule has 4 rings (SSSR count). The predicted octanol–water partition coefficient (Wildman–Crippen LogP) is 0.364. The standard InChI is InChI=1S/C31H46O12/c1-5-6-16-10-19(34)23(18-9-15(4)7-8-17(18)14(2)3)20(11-16)40-31-28(39)29(25(36)22(13-33)42-31)43-30-27(38)26(37)24(35)21(12-32)41-30/h9-11,17-18,21-22,24-39H,2,5-8,12-13H2,1,3-4H3/t17?,18-,21-,22-,24-,25-,26+,27-,28-,29+,30+,31-/m1/s1. The van der Waals surface area contributed by atoms with E-state index in [4.69, 9.17) is 18.9 Å². The molecule has 0 amide bonds. The molecule has 2 aliphatic heterocycles. The van der Waals surface area contributed by atoms with E-state index in [0.717, 1.165) is 36.0 Å². The first-order valence-electron chi connectivity index (χ1n) is 14.8. The van der Waals surface area contributed by atoms with Crippen LogP contribution in [0.3, 0.4) is 0 Å². The fourth-order valence-corrected chi connectivity index (χ4v) is 6.21. The molecule has 2 heterocycles. The number of aliphatic hydroxyl groups excluding tert-OH is 7. The van der Waals surface area contributed by atoms with E-state index in [1.165, 1.54) is 0 Å². The normalized spacial score (nSPS) is 38.4. The molecule has 0 bridgehead atoms. The fraction of sp³-hybridized carbons (Fsp3) is 0.677. The van der Waals surface area contributed by atoms with Gasteiger partial charge in [-0.25, -0.2) is 0 Å². The minimum absolute atomic E-state index is 0.0143. The second kappa shape index (κ2) is 14.3. The molecule has 43 heavy (non-hydrogen) atoms. The molecule has 0 aromatic heterocycles. The molecule has 0 radical (unpaired) electrons. The molecule has 12 heteroatoms. The summed E-state index contributed by atoms with van der Waals surface area (Å²) in [6.07, 6.45) is -10.6. The molecule has 2 fully saturated rings. The van der Waals surface area contributed by atoms with Crippen molar-refractivity contribution in [1.82, 2.24) is 0 Å². The van der Waals surface area contributed by atoms with E-state index in [1.807, 2.05) is 20.8 Å². The number of aliphatic hydroxyl groups is 7. The minimum atomic E-state index is -1.79. The summed E-state index contributed by atoms with van der Waals surface area (Å²) < 4.78 is 23.2. The van der Waals surface area contributed by atoms with Gasteiger partial charge in [-0.15, -0.1) is 0 Å². The largest absolute Gasteiger partial charge is 0.507 e. The lowest BCUT2D eigenvalue weighted by Gasteiger charge is -2.46. The van der Waals surface area contributed by atoms with Crippen molar-refractivity contribution in [2.75, 3.05) is 13.2 Å². The second-order valence-electron chi connectivity index (χ2n) is 11.9. The molecule has 1 aliphatic carbocycles. The molecule has 2 saturated heterocycles. The van der Waals surface area contributed by atoms with Crippen LogP contribution < -0.4 is 4.74 Å². The zero-order valence-electron chi connectivity index (χ0n) is 24.8. The van der Waals surface area contributed by atoms with Crippen LogP contribution in [0.4, 0.5) is 0 Å². The van der Waals surface area contributed by atoms with Crippen LogP contribution in [0.25, 0.3) is 0 Å². The predicted molar refractivity (Wildman–Crippen MR) is 153 cm³/mol. The van der Waals surface area contributed by atoms with Crippen molar-refractivity contribution in [3.05, 3.63) is 47.1 Å². The number of aryl methyl sites for hydroxylation is 1. The van der Waals surface area contributed by atoms with Crippen LogP contribution >= 0.6 is 0 Å². The van der Waals surface area contributed by atoms with Gasteiger partial charge in [0.05, 0.1) is 13.2 Å². The van der Waals surface area contributed by atoms with E-state index >= 15 is 0 Å². The Kier molecular flexibility index (Phi) is 11.3. The van der Waals surface area contributed by atoms with Crippen molar-refractivity contribution in [3.8, 4) is 11.5 Å². The molecule has 8 N–H and O–H groups in total. The van der Waals surface area contributed by atoms with Gasteiger partial charge in [0.25, 0.3) is 0 Å². The summed E-state index contributed by atoms with van der Waals surface area (Å²) in [4.78, 5) is 0. The van der Waals surface area contributed by atoms with Crippen molar-refractivity contribution in [1.29, 1.82) is 0 Å². The number of phenolic OH excluding ortho intramolecular Hbond substituents is 1. The first-order valence-corrected chi connectivity index (χ1v) is 14.8. The van der Waals surface area contributed by atoms with E-state index in [1.54, 1.807) is 12.1 Å². The first-order chi connectivity index (χ1) is 20.4. The zero-order chi connectivity index (χ0) is 31.6. The summed E-state index contributed by atoms with van der Waals surface area (Å²) in [6, 6.07) is 3.47. The van der Waals surface area contributed by atoms with Gasteiger partial charge in [-0.3, -0.25) is 0 Å². The van der Waals surface area contributed by atoms with Crippen LogP contribution in [0.5, 0.6) is 11.5 Å². The Morgan fingerprint density at radius 1 is 0.930 bits per heavy atom. The number of hydrogen-bond donors (Lipinski definition) is 8. The van der Waals surface area contributed by atoms with E-state index < -0.39 is 74.6 Å². The van der Waals surface area contributed by atoms with Gasteiger partial charge in [-0.2, -0.15) is 0 Å². The summed E-state index contributed by atoms with van der Waals surface area (Å²) in [5.74, 6) is -0.00538. The molecule has 12 atom stereocenters. The van der Waals surface area contributed by atoms with Crippen molar-refractivity contribution in [3.63, 3.8) is 0 Å². The minimum Gasteiger partial charge on any atom is -0.507 e. The fourth-order valence-electron chi connectivity index (χ4n) is 6.21. The maximum atomic E-state index is 11.4. The quantitative estimate of drug-likeness (QED) is 0.170. The highest BCUT2D eigenvalue weighted by Crippen LogP contribution is 2.47. The van der Waals surface area contributed by atoms with Crippen LogP contribution in [-0.2, 0) is 20.6 Å². The molecular formula is C31H46O12. The van der Waals surface area contributed by atoms with Crippen LogP contribution in [-0.4, -0.2) is 115 Å². The van der Waals surface area contributed by atoms with Crippen molar-refractivity contribution in [2.24, 2.45) is 5.92 Å². The highest BCUT2D eigenvalue weighted by Gasteiger charge is 2.51. The van der Waals surface area contributed by atoms with Gasteiger partial charge >= 0.3 is 0 Å². The van der Waals surface area contributed by atoms with Crippen LogP contribution in [0, 0.1) is 5.92 Å². The van der Waals surface area contributed by atoms with Crippen LogP contribution in [0.15, 0.2) is 35.9 Å². The summed E-state index contributed by atoms with van der Waals surface area (Å²) in [5.41, 5.74) is 3.37. The van der Waals surface area contributed by atoms with E-state index in [0.29, 0.717) is 12.0 Å². The topological polar surface area (TPSA) is 199 Å². The Morgan fingerprint density at radius 3 is 2.21 bits per heavy atom. The maximum Gasteiger partial charge on any atom is 0.229 e. The van der Waals surface area contributed by atoms with Crippen LogP contribution in [0.1, 0.15) is 57.1 Å². The number of allylic oxidation sites excluding steroid dienone is 3. The van der Waals surface area contributed by atoms with Gasteiger partial charge in [0, 0.05) is 11.5 Å². The molecule has 1 aromatic carbocycles. The number of phenols is 1. The Hall–Kier alpha value is -2.10. The molecular weight excluding hydrogens is 564 g/mol. The lowest BCUT2D eigenvalue weighted by molar-refractivity contribution is -0.352.